The molecule has 0 spiro atoms. The number of primary amides is 1. The summed E-state index contributed by atoms with van der Waals surface area (Å²) in [5.74, 6) is -1.26. The number of carboxylic acid groups (broad SMARTS) is 1. The Hall–Kier alpha value is -3.18. The van der Waals surface area contributed by atoms with Crippen molar-refractivity contribution < 1.29 is 24.3 Å². The van der Waals surface area contributed by atoms with Crippen molar-refractivity contribution in [1.82, 2.24) is 15.1 Å². The van der Waals surface area contributed by atoms with Crippen molar-refractivity contribution in [1.29, 1.82) is 0 Å². The van der Waals surface area contributed by atoms with E-state index in [0.29, 0.717) is 36.0 Å². The molecule has 12 heteroatoms. The molecule has 2 heterocycles. The van der Waals surface area contributed by atoms with E-state index in [1.54, 1.807) is 18.2 Å². The second-order valence-electron chi connectivity index (χ2n) is 9.96. The fourth-order valence-corrected chi connectivity index (χ4v) is 5.71. The van der Waals surface area contributed by atoms with Crippen molar-refractivity contribution in [2.75, 3.05) is 13.1 Å². The second-order valence-corrected chi connectivity index (χ2v) is 10.8. The number of aryl methyl sites for hydroxylation is 1. The molecule has 2 fully saturated rings. The van der Waals surface area contributed by atoms with E-state index in [1.807, 2.05) is 18.2 Å². The number of fused-ring (bicyclic) bond motifs is 1. The molecule has 3 amide bonds. The first kappa shape index (κ1) is 31.3. The molecular formula is C28H35Cl2N5O5. The van der Waals surface area contributed by atoms with E-state index in [2.05, 4.69) is 22.3 Å². The first-order valence-electron chi connectivity index (χ1n) is 13.1. The van der Waals surface area contributed by atoms with Gasteiger partial charge in [0.1, 0.15) is 6.04 Å². The van der Waals surface area contributed by atoms with E-state index in [4.69, 9.17) is 44.6 Å². The Labute approximate surface area is 243 Å². The Balaban J connectivity index is 0.00000141. The molecule has 2 aliphatic rings. The molecule has 0 saturated carbocycles. The number of nitrogens with two attached hydrogens (primary N) is 2. The number of halogens is 2. The Bertz CT molecular complexity index is 1180. The molecule has 4 rings (SSSR count). The molecule has 6 N–H and O–H groups in total. The maximum absolute atomic E-state index is 13.7. The van der Waals surface area contributed by atoms with Gasteiger partial charge in [-0.15, -0.1) is 0 Å². The van der Waals surface area contributed by atoms with Crippen molar-refractivity contribution in [3.8, 4) is 0 Å². The minimum atomic E-state index is -1.00. The van der Waals surface area contributed by atoms with Gasteiger partial charge in [-0.2, -0.15) is 0 Å². The van der Waals surface area contributed by atoms with Crippen LogP contribution in [-0.2, 0) is 32.1 Å². The largest absolute Gasteiger partial charge is 0.483 e. The molecule has 0 bridgehead atoms. The number of amides is 3. The zero-order chi connectivity index (χ0) is 29.2. The molecule has 216 valence electrons. The van der Waals surface area contributed by atoms with E-state index in [1.165, 1.54) is 10.5 Å². The second kappa shape index (κ2) is 15.0. The molecule has 0 radical (unpaired) electrons. The van der Waals surface area contributed by atoms with Gasteiger partial charge < -0.3 is 26.8 Å². The summed E-state index contributed by atoms with van der Waals surface area (Å²) in [6.07, 6.45) is 2.69. The van der Waals surface area contributed by atoms with Crippen LogP contribution < -0.4 is 16.8 Å². The van der Waals surface area contributed by atoms with Gasteiger partial charge >= 0.3 is 0 Å². The highest BCUT2D eigenvalue weighted by Crippen LogP contribution is 2.30. The highest BCUT2D eigenvalue weighted by Gasteiger charge is 2.45. The lowest BCUT2D eigenvalue weighted by atomic mass is 10.0. The predicted molar refractivity (Wildman–Crippen MR) is 153 cm³/mol. The fraction of sp³-hybridized carbons (Fsp3) is 0.429. The third-order valence-electron chi connectivity index (χ3n) is 7.25. The number of hydrogen-bond donors (Lipinski definition) is 4. The van der Waals surface area contributed by atoms with Crippen molar-refractivity contribution in [3.63, 3.8) is 0 Å². The smallest absolute Gasteiger partial charge is 0.290 e. The van der Waals surface area contributed by atoms with E-state index in [9.17, 15) is 14.4 Å². The summed E-state index contributed by atoms with van der Waals surface area (Å²) >= 11 is 12.1. The van der Waals surface area contributed by atoms with E-state index >= 15 is 0 Å². The summed E-state index contributed by atoms with van der Waals surface area (Å²) in [6, 6.07) is 13.9. The van der Waals surface area contributed by atoms with Crippen LogP contribution in [0.25, 0.3) is 0 Å². The van der Waals surface area contributed by atoms with Gasteiger partial charge in [-0.3, -0.25) is 24.1 Å². The molecule has 2 aromatic carbocycles. The van der Waals surface area contributed by atoms with Crippen LogP contribution in [0.5, 0.6) is 0 Å². The maximum atomic E-state index is 13.7. The van der Waals surface area contributed by atoms with Gasteiger partial charge in [0.2, 0.25) is 17.7 Å². The van der Waals surface area contributed by atoms with Crippen molar-refractivity contribution >= 4 is 47.4 Å². The summed E-state index contributed by atoms with van der Waals surface area (Å²) in [7, 11) is 0. The highest BCUT2D eigenvalue weighted by molar-refractivity contribution is 6.42. The molecule has 40 heavy (non-hydrogen) atoms. The molecule has 2 aromatic rings. The van der Waals surface area contributed by atoms with Gasteiger partial charge in [-0.25, -0.2) is 0 Å². The van der Waals surface area contributed by atoms with Crippen LogP contribution >= 0.6 is 23.2 Å². The summed E-state index contributed by atoms with van der Waals surface area (Å²) in [6.45, 7) is 0.916. The third kappa shape index (κ3) is 8.41. The monoisotopic (exact) mass is 591 g/mol. The molecule has 10 nitrogen and oxygen atoms in total. The average Bonchev–Trinajstić information content (AvgIpc) is 3.27. The van der Waals surface area contributed by atoms with Crippen molar-refractivity contribution in [2.45, 2.75) is 62.8 Å². The van der Waals surface area contributed by atoms with Gasteiger partial charge in [0.05, 0.1) is 22.5 Å². The number of carbonyl (C=O) groups is 4. The number of nitrogens with zero attached hydrogens (tertiary/aromatic N) is 2. The van der Waals surface area contributed by atoms with E-state index in [-0.39, 0.29) is 37.4 Å². The van der Waals surface area contributed by atoms with Gasteiger partial charge in [0.15, 0.2) is 0 Å². The van der Waals surface area contributed by atoms with Crippen molar-refractivity contribution in [2.24, 2.45) is 11.5 Å². The van der Waals surface area contributed by atoms with Gasteiger partial charge in [0.25, 0.3) is 6.47 Å². The summed E-state index contributed by atoms with van der Waals surface area (Å²) in [5.41, 5.74) is 13.8. The molecular weight excluding hydrogens is 557 g/mol. The van der Waals surface area contributed by atoms with Gasteiger partial charge in [-0.05, 0) is 48.9 Å². The van der Waals surface area contributed by atoms with E-state index in [0.717, 1.165) is 18.4 Å². The molecule has 2 saturated heterocycles. The standard InChI is InChI=1S/C27H33Cl2N5O3.CH2O2/c28-21-9-7-18(12-22(21)29)15-32-26(36)23(14-25(31)35)33-11-10-20(8-6-17-4-2-1-3-5-17)34-16-19(30)13-24(34)27(33)37;2-1-3/h1-5,7,9,12,19-20,23-24H,6,8,10-11,13-16,30H2,(H2,31,35)(H,32,36);1H,(H,2,3)/t19-,20?,23-,24+;/m1./s1. The fourth-order valence-electron chi connectivity index (χ4n) is 5.39. The molecule has 2 aliphatic heterocycles. The Kier molecular flexibility index (Phi) is 11.8. The Morgan fingerprint density at radius 1 is 1.12 bits per heavy atom. The number of benzene rings is 2. The van der Waals surface area contributed by atoms with Crippen LogP contribution in [0.1, 0.15) is 36.8 Å². The Morgan fingerprint density at radius 3 is 2.48 bits per heavy atom. The summed E-state index contributed by atoms with van der Waals surface area (Å²) in [5, 5.41) is 10.5. The zero-order valence-electron chi connectivity index (χ0n) is 22.0. The maximum Gasteiger partial charge on any atom is 0.290 e. The zero-order valence-corrected chi connectivity index (χ0v) is 23.6. The third-order valence-corrected chi connectivity index (χ3v) is 7.98. The number of hydrogen-bond acceptors (Lipinski definition) is 6. The molecule has 1 unspecified atom stereocenters. The van der Waals surface area contributed by atoms with Crippen molar-refractivity contribution in [3.05, 3.63) is 69.7 Å². The first-order chi connectivity index (χ1) is 19.1. The molecule has 0 aliphatic carbocycles. The highest BCUT2D eigenvalue weighted by atomic mass is 35.5. The van der Waals surface area contributed by atoms with Gasteiger partial charge in [-0.1, -0.05) is 59.6 Å². The topological polar surface area (TPSA) is 159 Å². The summed E-state index contributed by atoms with van der Waals surface area (Å²) in [4.78, 5) is 51.1. The molecule has 0 aromatic heterocycles. The minimum Gasteiger partial charge on any atom is -0.483 e. The van der Waals surface area contributed by atoms with Crippen LogP contribution in [0.2, 0.25) is 10.0 Å². The predicted octanol–water partition coefficient (Wildman–Crippen LogP) is 2.19. The first-order valence-corrected chi connectivity index (χ1v) is 13.8. The van der Waals surface area contributed by atoms with Crippen LogP contribution in [0.15, 0.2) is 48.5 Å². The van der Waals surface area contributed by atoms with Crippen LogP contribution in [0.3, 0.4) is 0 Å². The SMILES string of the molecule is NC(=O)C[C@H](C(=O)NCc1ccc(Cl)c(Cl)c1)N1CCC(CCc2ccccc2)N2C[C@H](N)C[C@H]2C1=O.O=CO. The quantitative estimate of drug-likeness (QED) is 0.325. The Morgan fingerprint density at radius 2 is 1.82 bits per heavy atom. The number of nitrogens with one attached hydrogen (secondary N) is 1. The van der Waals surface area contributed by atoms with E-state index < -0.39 is 23.9 Å². The van der Waals surface area contributed by atoms with Crippen LogP contribution in [0, 0.1) is 0 Å². The van der Waals surface area contributed by atoms with Gasteiger partial charge in [0, 0.05) is 31.7 Å². The lowest BCUT2D eigenvalue weighted by Gasteiger charge is -2.32. The average molecular weight is 593 g/mol. The lowest BCUT2D eigenvalue weighted by Crippen LogP contribution is -2.54. The number of rotatable bonds is 9. The van der Waals surface area contributed by atoms with Crippen LogP contribution in [-0.4, -0.2) is 76.4 Å². The van der Waals surface area contributed by atoms with Crippen LogP contribution in [0.4, 0.5) is 0 Å². The number of carbonyl (C=O) groups excluding carboxylic acids is 3. The lowest BCUT2D eigenvalue weighted by molar-refractivity contribution is -0.144. The normalized spacial score (nSPS) is 21.4. The summed E-state index contributed by atoms with van der Waals surface area (Å²) < 4.78 is 0. The minimum absolute atomic E-state index is 0.119. The molecule has 4 atom stereocenters.